The molecule has 0 aliphatic heterocycles. The second kappa shape index (κ2) is 12.8. The molecule has 8 nitrogen and oxygen atoms in total. The zero-order valence-electron chi connectivity index (χ0n) is 15.5. The van der Waals surface area contributed by atoms with Crippen LogP contribution in [-0.2, 0) is 11.3 Å². The van der Waals surface area contributed by atoms with Gasteiger partial charge in [0.25, 0.3) is 0 Å². The number of halogens is 1. The zero-order chi connectivity index (χ0) is 17.8. The van der Waals surface area contributed by atoms with Crippen LogP contribution in [0.3, 0.4) is 0 Å². The van der Waals surface area contributed by atoms with Crippen molar-refractivity contribution in [3.63, 3.8) is 0 Å². The van der Waals surface area contributed by atoms with Crippen LogP contribution in [0.15, 0.2) is 23.5 Å². The molecule has 25 heavy (non-hydrogen) atoms. The Kier molecular flexibility index (Phi) is 12.0. The van der Waals surface area contributed by atoms with E-state index in [1.807, 2.05) is 44.6 Å². The molecule has 1 heterocycles. The van der Waals surface area contributed by atoms with Gasteiger partial charge >= 0.3 is 6.09 Å². The maximum absolute atomic E-state index is 11.5. The summed E-state index contributed by atoms with van der Waals surface area (Å²) in [6.45, 7) is 11.0. The van der Waals surface area contributed by atoms with Crippen LogP contribution >= 0.6 is 24.0 Å². The van der Waals surface area contributed by atoms with Gasteiger partial charge in [-0.25, -0.2) is 4.79 Å². The van der Waals surface area contributed by atoms with Crippen LogP contribution in [0.25, 0.3) is 0 Å². The normalized spacial score (nSPS) is 11.4. The van der Waals surface area contributed by atoms with Crippen molar-refractivity contribution in [2.24, 2.45) is 4.99 Å². The molecule has 1 rings (SSSR count). The molecule has 1 aromatic heterocycles. The molecule has 1 aromatic rings. The fraction of sp³-hybridized carbons (Fsp3) is 0.688. The lowest BCUT2D eigenvalue weighted by atomic mass is 10.2. The van der Waals surface area contributed by atoms with Gasteiger partial charge in [-0.2, -0.15) is 5.10 Å². The molecule has 0 atom stereocenters. The maximum atomic E-state index is 11.5. The molecule has 144 valence electrons. The van der Waals surface area contributed by atoms with Crippen molar-refractivity contribution in [1.82, 2.24) is 25.7 Å². The Morgan fingerprint density at radius 3 is 2.60 bits per heavy atom. The quantitative estimate of drug-likeness (QED) is 0.236. The van der Waals surface area contributed by atoms with Crippen LogP contribution in [0, 0.1) is 0 Å². The summed E-state index contributed by atoms with van der Waals surface area (Å²) >= 11 is 0. The zero-order valence-corrected chi connectivity index (χ0v) is 17.9. The predicted molar refractivity (Wildman–Crippen MR) is 110 cm³/mol. The second-order valence-electron chi connectivity index (χ2n) is 6.24. The van der Waals surface area contributed by atoms with E-state index in [-0.39, 0.29) is 24.0 Å². The van der Waals surface area contributed by atoms with Crippen LogP contribution in [-0.4, -0.2) is 53.6 Å². The maximum Gasteiger partial charge on any atom is 0.407 e. The molecule has 0 bridgehead atoms. The second-order valence-corrected chi connectivity index (χ2v) is 6.24. The smallest absolute Gasteiger partial charge is 0.407 e. The van der Waals surface area contributed by atoms with Crippen molar-refractivity contribution in [3.05, 3.63) is 18.5 Å². The lowest BCUT2D eigenvalue weighted by Crippen LogP contribution is -2.39. The summed E-state index contributed by atoms with van der Waals surface area (Å²) in [6, 6.07) is 1.90. The first-order valence-electron chi connectivity index (χ1n) is 8.37. The van der Waals surface area contributed by atoms with Gasteiger partial charge in [-0.15, -0.1) is 24.0 Å². The molecule has 0 aliphatic rings. The minimum absolute atomic E-state index is 0. The van der Waals surface area contributed by atoms with Crippen molar-refractivity contribution >= 4 is 36.0 Å². The number of rotatable bonds is 8. The van der Waals surface area contributed by atoms with Gasteiger partial charge in [0.1, 0.15) is 5.60 Å². The van der Waals surface area contributed by atoms with Crippen LogP contribution < -0.4 is 16.0 Å². The summed E-state index contributed by atoms with van der Waals surface area (Å²) < 4.78 is 7.04. The van der Waals surface area contributed by atoms with Crippen molar-refractivity contribution in [1.29, 1.82) is 0 Å². The summed E-state index contributed by atoms with van der Waals surface area (Å²) in [5.41, 5.74) is -0.473. The number of carbonyl (C=O) groups excluding carboxylic acids is 1. The number of aliphatic imine (C=N–C) groups is 1. The summed E-state index contributed by atoms with van der Waals surface area (Å²) in [6.07, 6.45) is 4.04. The van der Waals surface area contributed by atoms with Gasteiger partial charge in [-0.05, 0) is 40.2 Å². The van der Waals surface area contributed by atoms with Gasteiger partial charge in [-0.3, -0.25) is 9.67 Å². The van der Waals surface area contributed by atoms with Gasteiger partial charge in [-0.1, -0.05) is 0 Å². The third-order valence-electron chi connectivity index (χ3n) is 2.81. The first-order valence-corrected chi connectivity index (χ1v) is 8.37. The molecule has 9 heteroatoms. The Bertz CT molecular complexity index is 499. The molecule has 0 radical (unpaired) electrons. The highest BCUT2D eigenvalue weighted by Crippen LogP contribution is 2.06. The van der Waals surface area contributed by atoms with Crippen molar-refractivity contribution in [2.75, 3.05) is 26.2 Å². The first-order chi connectivity index (χ1) is 11.4. The van der Waals surface area contributed by atoms with Crippen LogP contribution in [0.5, 0.6) is 0 Å². The standard InChI is InChI=1S/C16H30N6O2.HI/c1-5-17-14(19-11-13-22-12-7-10-21-22)18-8-6-9-20-15(23)24-16(2,3)4;/h7,10,12H,5-6,8-9,11,13H2,1-4H3,(H,20,23)(H2,17,18,19);1H. The van der Waals surface area contributed by atoms with E-state index in [2.05, 4.69) is 26.0 Å². The van der Waals surface area contributed by atoms with Crippen molar-refractivity contribution in [2.45, 2.75) is 46.3 Å². The lowest BCUT2D eigenvalue weighted by molar-refractivity contribution is 0.0527. The molecule has 0 saturated carbocycles. The van der Waals surface area contributed by atoms with E-state index >= 15 is 0 Å². The highest BCUT2D eigenvalue weighted by atomic mass is 127. The fourth-order valence-electron chi connectivity index (χ4n) is 1.84. The minimum Gasteiger partial charge on any atom is -0.444 e. The molecule has 0 spiro atoms. The van der Waals surface area contributed by atoms with E-state index in [9.17, 15) is 4.79 Å². The Labute approximate surface area is 167 Å². The summed E-state index contributed by atoms with van der Waals surface area (Å²) in [5, 5.41) is 13.3. The first kappa shape index (κ1) is 23.5. The third kappa shape index (κ3) is 12.5. The van der Waals surface area contributed by atoms with Gasteiger partial charge in [0, 0.05) is 38.6 Å². The van der Waals surface area contributed by atoms with E-state index in [0.29, 0.717) is 13.1 Å². The molecule has 0 saturated heterocycles. The van der Waals surface area contributed by atoms with E-state index in [0.717, 1.165) is 32.0 Å². The topological polar surface area (TPSA) is 92.6 Å². The van der Waals surface area contributed by atoms with E-state index < -0.39 is 11.7 Å². The number of hydrogen-bond donors (Lipinski definition) is 3. The van der Waals surface area contributed by atoms with Crippen molar-refractivity contribution in [3.8, 4) is 0 Å². The number of nitrogens with one attached hydrogen (secondary N) is 3. The Hall–Kier alpha value is -1.52. The van der Waals surface area contributed by atoms with Crippen LogP contribution in [0.4, 0.5) is 4.79 Å². The number of hydrogen-bond acceptors (Lipinski definition) is 4. The molecule has 3 N–H and O–H groups in total. The SMILES string of the molecule is CCNC(=NCCCNC(=O)OC(C)(C)C)NCCn1cccn1.I. The van der Waals surface area contributed by atoms with Crippen LogP contribution in [0.2, 0.25) is 0 Å². The number of guanidine groups is 1. The number of carbonyl (C=O) groups is 1. The van der Waals surface area contributed by atoms with E-state index in [1.165, 1.54) is 0 Å². The lowest BCUT2D eigenvalue weighted by Gasteiger charge is -2.19. The molecule has 0 aromatic carbocycles. The third-order valence-corrected chi connectivity index (χ3v) is 2.81. The number of nitrogens with zero attached hydrogens (tertiary/aromatic N) is 3. The molecule has 1 amide bonds. The number of alkyl carbamates (subject to hydrolysis) is 1. The molecule has 0 fully saturated rings. The van der Waals surface area contributed by atoms with Crippen LogP contribution in [0.1, 0.15) is 34.1 Å². The number of ether oxygens (including phenoxy) is 1. The number of amides is 1. The Morgan fingerprint density at radius 2 is 2.00 bits per heavy atom. The Balaban J connectivity index is 0.00000576. The molecule has 0 unspecified atom stereocenters. The summed E-state index contributed by atoms with van der Waals surface area (Å²) in [7, 11) is 0. The summed E-state index contributed by atoms with van der Waals surface area (Å²) in [4.78, 5) is 16.0. The molecular weight excluding hydrogens is 435 g/mol. The largest absolute Gasteiger partial charge is 0.444 e. The highest BCUT2D eigenvalue weighted by Gasteiger charge is 2.15. The fourth-order valence-corrected chi connectivity index (χ4v) is 1.84. The Morgan fingerprint density at radius 1 is 1.24 bits per heavy atom. The highest BCUT2D eigenvalue weighted by molar-refractivity contribution is 14.0. The summed E-state index contributed by atoms with van der Waals surface area (Å²) in [5.74, 6) is 0.766. The van der Waals surface area contributed by atoms with E-state index in [4.69, 9.17) is 4.74 Å². The minimum atomic E-state index is -0.473. The van der Waals surface area contributed by atoms with Gasteiger partial charge < -0.3 is 20.7 Å². The van der Waals surface area contributed by atoms with Crippen molar-refractivity contribution < 1.29 is 9.53 Å². The molecular formula is C16H31IN6O2. The van der Waals surface area contributed by atoms with Gasteiger partial charge in [0.2, 0.25) is 0 Å². The molecule has 0 aliphatic carbocycles. The van der Waals surface area contributed by atoms with Gasteiger partial charge in [0.15, 0.2) is 5.96 Å². The average Bonchev–Trinajstić information content (AvgIpc) is 2.98. The predicted octanol–water partition coefficient (Wildman–Crippen LogP) is 1.97. The van der Waals surface area contributed by atoms with Gasteiger partial charge in [0.05, 0.1) is 6.54 Å². The number of aromatic nitrogens is 2. The average molecular weight is 466 g/mol. The monoisotopic (exact) mass is 466 g/mol. The van der Waals surface area contributed by atoms with E-state index in [1.54, 1.807) is 6.20 Å².